The number of phenols is 1. The van der Waals surface area contributed by atoms with Crippen LogP contribution < -0.4 is 4.74 Å². The van der Waals surface area contributed by atoms with Crippen LogP contribution >= 0.6 is 0 Å². The molecule has 5 rings (SSSR count). The van der Waals surface area contributed by atoms with E-state index in [0.29, 0.717) is 0 Å². The van der Waals surface area contributed by atoms with E-state index < -0.39 is 79.2 Å². The maximum absolute atomic E-state index is 13.1. The van der Waals surface area contributed by atoms with Crippen molar-refractivity contribution in [1.82, 2.24) is 0 Å². The zero-order chi connectivity index (χ0) is 28.2. The number of aromatic hydroxyl groups is 1. The van der Waals surface area contributed by atoms with Crippen molar-refractivity contribution < 1.29 is 64.3 Å². The molecular weight excluding hydrogens is 520 g/mol. The van der Waals surface area contributed by atoms with E-state index in [0.717, 1.165) is 0 Å². The third-order valence-electron chi connectivity index (χ3n) is 7.19. The molecule has 39 heavy (non-hydrogen) atoms. The number of hydrogen-bond acceptors (Lipinski definition) is 13. The summed E-state index contributed by atoms with van der Waals surface area (Å²) in [6, 6.07) is 7.41. The van der Waals surface area contributed by atoms with Gasteiger partial charge in [-0.05, 0) is 13.0 Å². The molecule has 0 aromatic heterocycles. The fourth-order valence-corrected chi connectivity index (χ4v) is 4.83. The van der Waals surface area contributed by atoms with E-state index in [9.17, 15) is 45.3 Å². The van der Waals surface area contributed by atoms with Crippen molar-refractivity contribution in [3.63, 3.8) is 0 Å². The topological polar surface area (TPSA) is 213 Å². The second-order valence-electron chi connectivity index (χ2n) is 9.69. The number of ketones is 2. The molecule has 2 saturated heterocycles. The summed E-state index contributed by atoms with van der Waals surface area (Å²) in [4.78, 5) is 26.1. The number of aliphatic hydroxyl groups excluding tert-OH is 6. The monoisotopic (exact) mass is 548 g/mol. The van der Waals surface area contributed by atoms with E-state index in [2.05, 4.69) is 0 Å². The predicted molar refractivity (Wildman–Crippen MR) is 127 cm³/mol. The molecule has 0 bridgehead atoms. The number of fused-ring (bicyclic) bond motifs is 2. The molecule has 0 saturated carbocycles. The Balaban J connectivity index is 1.37. The van der Waals surface area contributed by atoms with Crippen molar-refractivity contribution in [3.05, 3.63) is 58.1 Å². The predicted octanol–water partition coefficient (Wildman–Crippen LogP) is -1.88. The lowest BCUT2D eigenvalue weighted by molar-refractivity contribution is -0.307. The molecule has 9 atom stereocenters. The lowest BCUT2D eigenvalue weighted by Crippen LogP contribution is -2.61. The lowest BCUT2D eigenvalue weighted by Gasteiger charge is -2.41. The second kappa shape index (κ2) is 10.5. The molecule has 0 unspecified atom stereocenters. The molecule has 210 valence electrons. The van der Waals surface area contributed by atoms with Gasteiger partial charge in [-0.2, -0.15) is 0 Å². The van der Waals surface area contributed by atoms with Gasteiger partial charge in [-0.1, -0.05) is 24.3 Å². The molecular formula is C26H28O13. The summed E-state index contributed by atoms with van der Waals surface area (Å²) in [6.07, 6.45) is -14.0. The van der Waals surface area contributed by atoms with Crippen molar-refractivity contribution in [1.29, 1.82) is 0 Å². The first kappa shape index (κ1) is 27.6. The van der Waals surface area contributed by atoms with Crippen molar-refractivity contribution >= 4 is 11.6 Å². The highest BCUT2D eigenvalue weighted by molar-refractivity contribution is 6.29. The molecule has 2 aromatic rings. The number of carbonyl (C=O) groups excluding carboxylic acids is 2. The molecule has 2 aromatic carbocycles. The van der Waals surface area contributed by atoms with Crippen LogP contribution in [0.2, 0.25) is 0 Å². The van der Waals surface area contributed by atoms with Crippen LogP contribution in [0.3, 0.4) is 0 Å². The number of hydrogen-bond donors (Lipinski definition) is 7. The van der Waals surface area contributed by atoms with Crippen LogP contribution in [-0.4, -0.2) is 116 Å². The van der Waals surface area contributed by atoms with Crippen molar-refractivity contribution in [2.24, 2.45) is 0 Å². The Bertz CT molecular complexity index is 1280. The lowest BCUT2D eigenvalue weighted by atomic mass is 9.82. The number of benzene rings is 2. The molecule has 0 radical (unpaired) electrons. The van der Waals surface area contributed by atoms with Gasteiger partial charge >= 0.3 is 0 Å². The van der Waals surface area contributed by atoms with Gasteiger partial charge in [-0.3, -0.25) is 9.59 Å². The summed E-state index contributed by atoms with van der Waals surface area (Å²) in [7, 11) is 0. The molecule has 13 heteroatoms. The second-order valence-corrected chi connectivity index (χ2v) is 9.69. The van der Waals surface area contributed by atoms with Gasteiger partial charge in [0.25, 0.3) is 0 Å². The number of rotatable bonds is 5. The van der Waals surface area contributed by atoms with Crippen LogP contribution in [0.15, 0.2) is 30.3 Å². The highest BCUT2D eigenvalue weighted by Crippen LogP contribution is 2.40. The molecule has 1 aliphatic carbocycles. The summed E-state index contributed by atoms with van der Waals surface area (Å²) in [5, 5.41) is 71.6. The normalized spacial score (nSPS) is 34.4. The summed E-state index contributed by atoms with van der Waals surface area (Å²) < 4.78 is 21.9. The van der Waals surface area contributed by atoms with Gasteiger partial charge in [-0.25, -0.2) is 0 Å². The van der Waals surface area contributed by atoms with Gasteiger partial charge < -0.3 is 54.7 Å². The number of phenolic OH excluding ortho intramolecular Hbond substituents is 1. The number of aliphatic hydroxyl groups is 6. The summed E-state index contributed by atoms with van der Waals surface area (Å²) >= 11 is 0. The molecule has 2 aliphatic heterocycles. The van der Waals surface area contributed by atoms with E-state index in [1.165, 1.54) is 25.1 Å². The fraction of sp³-hybridized carbons (Fsp3) is 0.462. The maximum Gasteiger partial charge on any atom is 0.229 e. The minimum Gasteiger partial charge on any atom is -0.507 e. The van der Waals surface area contributed by atoms with E-state index in [1.54, 1.807) is 12.1 Å². The third kappa shape index (κ3) is 4.71. The molecule has 2 fully saturated rings. The zero-order valence-electron chi connectivity index (χ0n) is 20.6. The van der Waals surface area contributed by atoms with Crippen LogP contribution in [0, 0.1) is 6.92 Å². The SMILES string of the molecule is Cc1c(O[C@@H]2O[C@H](CO[C@@H]3OC[C@H](O)[C@H](O)[C@@H]3O)[C@@H](O)[C@H](O)[C@H]2O)cc2c(c1O)C(=O)c1ccccc1C2=O. The summed E-state index contributed by atoms with van der Waals surface area (Å²) in [6.45, 7) is 0.607. The largest absolute Gasteiger partial charge is 0.507 e. The number of carbonyl (C=O) groups is 2. The average molecular weight is 548 g/mol. The average Bonchev–Trinajstić information content (AvgIpc) is 2.93. The van der Waals surface area contributed by atoms with Crippen LogP contribution in [0.25, 0.3) is 0 Å². The highest BCUT2D eigenvalue weighted by atomic mass is 16.7. The zero-order valence-corrected chi connectivity index (χ0v) is 20.6. The Labute approximate surface area is 221 Å². The first-order valence-corrected chi connectivity index (χ1v) is 12.2. The fourth-order valence-electron chi connectivity index (χ4n) is 4.83. The van der Waals surface area contributed by atoms with Crippen molar-refractivity contribution in [3.8, 4) is 11.5 Å². The standard InChI is InChI=1S/C26H28O13/c1-9-14(6-12-16(17(9)28)19(30)11-5-3-2-4-10(11)18(12)29)38-26-24(35)22(33)21(32)15(39-26)8-37-25-23(34)20(31)13(27)7-36-25/h2-6,13,15,20-28,31-35H,7-8H2,1H3/t13-,15+,20-,21+,22-,23-,24+,25-,26+/m0/s1. The van der Waals surface area contributed by atoms with E-state index >= 15 is 0 Å². The van der Waals surface area contributed by atoms with Crippen molar-refractivity contribution in [2.45, 2.75) is 62.2 Å². The molecule has 0 amide bonds. The van der Waals surface area contributed by atoms with Gasteiger partial charge in [0.1, 0.15) is 54.2 Å². The van der Waals surface area contributed by atoms with E-state index in [4.69, 9.17) is 18.9 Å². The molecule has 3 aliphatic rings. The Morgan fingerprint density at radius 2 is 1.49 bits per heavy atom. The van der Waals surface area contributed by atoms with Gasteiger partial charge in [0.15, 0.2) is 17.9 Å². The van der Waals surface area contributed by atoms with Gasteiger partial charge in [0, 0.05) is 22.3 Å². The molecule has 7 N–H and O–H groups in total. The summed E-state index contributed by atoms with van der Waals surface area (Å²) in [5.41, 5.74) is 0.0577. The summed E-state index contributed by atoms with van der Waals surface area (Å²) in [5.74, 6) is -1.68. The molecule has 0 spiro atoms. The minimum atomic E-state index is -1.78. The molecule has 13 nitrogen and oxygen atoms in total. The minimum absolute atomic E-state index is 0.0600. The Morgan fingerprint density at radius 3 is 2.18 bits per heavy atom. The molecule has 2 heterocycles. The first-order valence-electron chi connectivity index (χ1n) is 12.2. The van der Waals surface area contributed by atoms with Gasteiger partial charge in [-0.15, -0.1) is 0 Å². The first-order chi connectivity index (χ1) is 18.5. The van der Waals surface area contributed by atoms with Crippen LogP contribution in [0.4, 0.5) is 0 Å². The highest BCUT2D eigenvalue weighted by Gasteiger charge is 2.47. The van der Waals surface area contributed by atoms with E-state index in [-0.39, 0.29) is 40.2 Å². The smallest absolute Gasteiger partial charge is 0.229 e. The van der Waals surface area contributed by atoms with Crippen LogP contribution in [-0.2, 0) is 14.2 Å². The Hall–Kier alpha value is -2.98. The number of ether oxygens (including phenoxy) is 4. The Morgan fingerprint density at radius 1 is 0.846 bits per heavy atom. The van der Waals surface area contributed by atoms with Crippen LogP contribution in [0.1, 0.15) is 37.4 Å². The van der Waals surface area contributed by atoms with Gasteiger partial charge in [0.2, 0.25) is 6.29 Å². The van der Waals surface area contributed by atoms with E-state index in [1.807, 2.05) is 0 Å². The maximum atomic E-state index is 13.1. The Kier molecular flexibility index (Phi) is 7.45. The van der Waals surface area contributed by atoms with Crippen molar-refractivity contribution in [2.75, 3.05) is 13.2 Å². The van der Waals surface area contributed by atoms with Gasteiger partial charge in [0.05, 0.1) is 18.8 Å². The third-order valence-corrected chi connectivity index (χ3v) is 7.19. The van der Waals surface area contributed by atoms with Crippen LogP contribution in [0.5, 0.6) is 11.5 Å². The quantitative estimate of drug-likeness (QED) is 0.186.